The Morgan fingerprint density at radius 3 is 2.00 bits per heavy atom. The van der Waals surface area contributed by atoms with Crippen molar-refractivity contribution in [3.05, 3.63) is 0 Å². The van der Waals surface area contributed by atoms with E-state index in [0.717, 1.165) is 10.5 Å². The van der Waals surface area contributed by atoms with Gasteiger partial charge in [0.25, 0.3) is 0 Å². The summed E-state index contributed by atoms with van der Waals surface area (Å²) >= 11 is 2.29. The molecule has 0 aromatic carbocycles. The maximum atomic E-state index is 2.29. The Bertz CT molecular complexity index is 118. The quantitative estimate of drug-likeness (QED) is 0.477. The van der Waals surface area contributed by atoms with Crippen molar-refractivity contribution in [2.75, 3.05) is 0 Å². The van der Waals surface area contributed by atoms with Gasteiger partial charge in [-0.15, -0.1) is 0 Å². The third-order valence-electron chi connectivity index (χ3n) is 2.93. The van der Waals surface area contributed by atoms with Crippen LogP contribution in [0.2, 0.25) is 0 Å². The van der Waals surface area contributed by atoms with Crippen LogP contribution in [0.5, 0.6) is 0 Å². The molecule has 0 radical (unpaired) electrons. The Labute approximate surface area is 54.0 Å². The Kier molecular flexibility index (Phi) is 0.584. The van der Waals surface area contributed by atoms with E-state index in [0.29, 0.717) is 0 Å². The molecule has 3 unspecified atom stereocenters. The summed E-state index contributed by atoms with van der Waals surface area (Å²) in [6.45, 7) is 0. The molecule has 3 fully saturated rings. The molecule has 3 aliphatic rings. The van der Waals surface area contributed by atoms with Gasteiger partial charge in [-0.05, 0) is 31.1 Å². The van der Waals surface area contributed by atoms with Crippen molar-refractivity contribution in [2.45, 2.75) is 29.8 Å². The predicted molar refractivity (Wildman–Crippen MR) is 36.0 cm³/mol. The largest absolute Gasteiger partial charge is 0.155 e. The minimum atomic E-state index is 1.13. The average Bonchev–Trinajstić information content (AvgIpc) is 2.39. The molecule has 3 rings (SSSR count). The summed E-state index contributed by atoms with van der Waals surface area (Å²) < 4.78 is 0. The van der Waals surface area contributed by atoms with Crippen molar-refractivity contribution in [1.82, 2.24) is 0 Å². The minimum absolute atomic E-state index is 1.13. The highest BCUT2D eigenvalue weighted by atomic mass is 32.2. The van der Waals surface area contributed by atoms with E-state index in [2.05, 4.69) is 11.8 Å². The Hall–Kier alpha value is 0.350. The van der Waals surface area contributed by atoms with E-state index in [-0.39, 0.29) is 0 Å². The topological polar surface area (TPSA) is 0 Å². The van der Waals surface area contributed by atoms with Gasteiger partial charge in [0.1, 0.15) is 0 Å². The molecule has 44 valence electrons. The molecule has 2 bridgehead atoms. The van der Waals surface area contributed by atoms with Crippen LogP contribution in [-0.2, 0) is 0 Å². The number of rotatable bonds is 0. The van der Waals surface area contributed by atoms with E-state index >= 15 is 0 Å². The average molecular weight is 126 g/mol. The first-order valence-corrected chi connectivity index (χ1v) is 4.55. The van der Waals surface area contributed by atoms with Crippen LogP contribution in [0, 0.1) is 11.8 Å². The Morgan fingerprint density at radius 1 is 1.00 bits per heavy atom. The molecule has 0 aromatic heterocycles. The zero-order chi connectivity index (χ0) is 5.14. The zero-order valence-electron chi connectivity index (χ0n) is 4.84. The van der Waals surface area contributed by atoms with Gasteiger partial charge in [0.05, 0.1) is 0 Å². The molecule has 8 heavy (non-hydrogen) atoms. The van der Waals surface area contributed by atoms with E-state index < -0.39 is 0 Å². The summed E-state index contributed by atoms with van der Waals surface area (Å²) in [6.07, 6.45) is 4.70. The summed E-state index contributed by atoms with van der Waals surface area (Å²) in [5.74, 6) is 2.41. The third-order valence-corrected chi connectivity index (χ3v) is 4.80. The van der Waals surface area contributed by atoms with Crippen molar-refractivity contribution in [2.24, 2.45) is 11.8 Å². The lowest BCUT2D eigenvalue weighted by atomic mass is 10.0. The molecule has 2 saturated heterocycles. The second-order valence-corrected chi connectivity index (χ2v) is 4.84. The highest BCUT2D eigenvalue weighted by Gasteiger charge is 2.57. The molecule has 0 spiro atoms. The second kappa shape index (κ2) is 1.11. The summed E-state index contributed by atoms with van der Waals surface area (Å²) in [7, 11) is 0. The predicted octanol–water partition coefficient (Wildman–Crippen LogP) is 1.90. The molecular formula is C7H10S. The molecular weight excluding hydrogens is 116 g/mol. The fourth-order valence-electron chi connectivity index (χ4n) is 2.41. The summed E-state index contributed by atoms with van der Waals surface area (Å²) in [5, 5.41) is 2.26. The summed E-state index contributed by atoms with van der Waals surface area (Å²) in [6, 6.07) is 0. The van der Waals surface area contributed by atoms with Crippen molar-refractivity contribution in [1.29, 1.82) is 0 Å². The first-order valence-electron chi connectivity index (χ1n) is 3.60. The first-order chi connectivity index (χ1) is 3.95. The number of hydrogen-bond acceptors (Lipinski definition) is 1. The van der Waals surface area contributed by atoms with Gasteiger partial charge >= 0.3 is 0 Å². The van der Waals surface area contributed by atoms with Crippen molar-refractivity contribution < 1.29 is 0 Å². The van der Waals surface area contributed by atoms with Gasteiger partial charge in [0.15, 0.2) is 0 Å². The number of thioether (sulfide) groups is 1. The van der Waals surface area contributed by atoms with Crippen LogP contribution in [0.4, 0.5) is 0 Å². The number of fused-ring (bicyclic) bond motifs is 5. The van der Waals surface area contributed by atoms with Gasteiger partial charge in [-0.1, -0.05) is 0 Å². The van der Waals surface area contributed by atoms with Gasteiger partial charge in [-0.2, -0.15) is 11.8 Å². The van der Waals surface area contributed by atoms with Crippen LogP contribution >= 0.6 is 11.8 Å². The lowest BCUT2D eigenvalue weighted by Crippen LogP contribution is -2.03. The highest BCUT2D eigenvalue weighted by molar-refractivity contribution is 8.01. The van der Waals surface area contributed by atoms with Crippen LogP contribution in [-0.4, -0.2) is 10.5 Å². The van der Waals surface area contributed by atoms with Crippen molar-refractivity contribution >= 4 is 11.8 Å². The van der Waals surface area contributed by atoms with Gasteiger partial charge in [-0.3, -0.25) is 0 Å². The molecule has 2 heterocycles. The van der Waals surface area contributed by atoms with Gasteiger partial charge in [0.2, 0.25) is 0 Å². The van der Waals surface area contributed by atoms with Crippen molar-refractivity contribution in [3.8, 4) is 0 Å². The molecule has 4 atom stereocenters. The minimum Gasteiger partial charge on any atom is -0.155 e. The number of hydrogen-bond donors (Lipinski definition) is 0. The maximum absolute atomic E-state index is 2.29. The Balaban J connectivity index is 2.02. The molecule has 1 aliphatic carbocycles. The van der Waals surface area contributed by atoms with E-state index in [1.165, 1.54) is 11.8 Å². The van der Waals surface area contributed by atoms with E-state index in [1.807, 2.05) is 0 Å². The molecule has 0 nitrogen and oxygen atoms in total. The van der Waals surface area contributed by atoms with Crippen LogP contribution < -0.4 is 0 Å². The maximum Gasteiger partial charge on any atom is 0.00817 e. The SMILES string of the molecule is C1C[C@@H]2SC1C1CC12. The van der Waals surface area contributed by atoms with Gasteiger partial charge in [0, 0.05) is 10.5 Å². The van der Waals surface area contributed by atoms with Crippen LogP contribution in [0.25, 0.3) is 0 Å². The molecule has 0 amide bonds. The van der Waals surface area contributed by atoms with E-state index in [4.69, 9.17) is 0 Å². The van der Waals surface area contributed by atoms with E-state index in [9.17, 15) is 0 Å². The lowest BCUT2D eigenvalue weighted by molar-refractivity contribution is 0.551. The van der Waals surface area contributed by atoms with Crippen LogP contribution in [0.1, 0.15) is 19.3 Å². The smallest absolute Gasteiger partial charge is 0.00817 e. The van der Waals surface area contributed by atoms with E-state index in [1.54, 1.807) is 19.3 Å². The monoisotopic (exact) mass is 126 g/mol. The molecule has 1 heteroatoms. The normalized spacial score (nSPS) is 66.0. The summed E-state index contributed by atoms with van der Waals surface area (Å²) in [5.41, 5.74) is 0. The van der Waals surface area contributed by atoms with Crippen LogP contribution in [0.15, 0.2) is 0 Å². The zero-order valence-corrected chi connectivity index (χ0v) is 5.66. The fraction of sp³-hybridized carbons (Fsp3) is 1.00. The van der Waals surface area contributed by atoms with Crippen molar-refractivity contribution in [3.63, 3.8) is 0 Å². The Morgan fingerprint density at radius 2 is 1.62 bits per heavy atom. The third kappa shape index (κ3) is 0.333. The lowest BCUT2D eigenvalue weighted by Gasteiger charge is -2.02. The highest BCUT2D eigenvalue weighted by Crippen LogP contribution is 2.65. The molecule has 2 aliphatic heterocycles. The summed E-state index contributed by atoms with van der Waals surface area (Å²) in [4.78, 5) is 0. The van der Waals surface area contributed by atoms with Gasteiger partial charge in [-0.25, -0.2) is 0 Å². The van der Waals surface area contributed by atoms with Gasteiger partial charge < -0.3 is 0 Å². The standard InChI is InChI=1S/C7H10S/c1-2-7-5-3-4(5)6(1)8-7/h4-7H,1-3H2/t4?,5?,6-,7?/m0/s1. The molecule has 0 aromatic rings. The fourth-order valence-corrected chi connectivity index (χ4v) is 4.43. The molecule has 1 saturated carbocycles. The van der Waals surface area contributed by atoms with Crippen LogP contribution in [0.3, 0.4) is 0 Å². The molecule has 0 N–H and O–H groups in total. The second-order valence-electron chi connectivity index (χ2n) is 3.35. The first kappa shape index (κ1) is 4.21.